The molecule has 0 radical (unpaired) electrons. The van der Waals surface area contributed by atoms with Crippen LogP contribution < -0.4 is 10.1 Å². The van der Waals surface area contributed by atoms with Crippen LogP contribution in [0, 0.1) is 0 Å². The van der Waals surface area contributed by atoms with Gasteiger partial charge >= 0.3 is 0 Å². The Balaban J connectivity index is 1.48. The Labute approximate surface area is 211 Å². The molecule has 1 fully saturated rings. The lowest BCUT2D eigenvalue weighted by atomic mass is 10.1. The van der Waals surface area contributed by atoms with Gasteiger partial charge in [0.1, 0.15) is 11.8 Å². The number of nitrogens with zero attached hydrogens (tertiary/aromatic N) is 2. The molecule has 7 heteroatoms. The summed E-state index contributed by atoms with van der Waals surface area (Å²) in [5.41, 5.74) is 2.80. The Hall–Kier alpha value is -3.71. The van der Waals surface area contributed by atoms with Crippen molar-refractivity contribution in [3.05, 3.63) is 96.1 Å². The summed E-state index contributed by atoms with van der Waals surface area (Å²) in [5, 5.41) is 3.36. The number of thiocarbonyl (C=S) groups is 1. The van der Waals surface area contributed by atoms with Crippen molar-refractivity contribution in [3.63, 3.8) is 0 Å². The normalized spacial score (nSPS) is 15.4. The van der Waals surface area contributed by atoms with E-state index < -0.39 is 6.04 Å². The highest BCUT2D eigenvalue weighted by atomic mass is 32.1. The predicted molar refractivity (Wildman–Crippen MR) is 141 cm³/mol. The van der Waals surface area contributed by atoms with E-state index in [1.165, 1.54) is 0 Å². The van der Waals surface area contributed by atoms with Crippen molar-refractivity contribution in [3.8, 4) is 5.75 Å². The lowest BCUT2D eigenvalue weighted by Crippen LogP contribution is -2.39. The SMILES string of the molecule is CCOc1ccc(NC(=O)CC2C(=O)N(Cc3ccccc3)C(=S)N2CCc2ccccc2)cc1. The van der Waals surface area contributed by atoms with Gasteiger partial charge in [0.25, 0.3) is 5.91 Å². The molecular formula is C28H29N3O3S. The fraction of sp³-hybridized carbons (Fsp3) is 0.250. The van der Waals surface area contributed by atoms with Crippen LogP contribution in [0.25, 0.3) is 0 Å². The van der Waals surface area contributed by atoms with Crippen LogP contribution in [0.1, 0.15) is 24.5 Å². The summed E-state index contributed by atoms with van der Waals surface area (Å²) in [7, 11) is 0. The fourth-order valence-electron chi connectivity index (χ4n) is 4.14. The molecule has 1 heterocycles. The maximum atomic E-state index is 13.4. The monoisotopic (exact) mass is 487 g/mol. The van der Waals surface area contributed by atoms with Crippen molar-refractivity contribution in [2.75, 3.05) is 18.5 Å². The molecule has 35 heavy (non-hydrogen) atoms. The van der Waals surface area contributed by atoms with E-state index in [4.69, 9.17) is 17.0 Å². The highest BCUT2D eigenvalue weighted by Crippen LogP contribution is 2.24. The quantitative estimate of drug-likeness (QED) is 0.422. The van der Waals surface area contributed by atoms with E-state index in [1.807, 2.05) is 72.5 Å². The topological polar surface area (TPSA) is 61.9 Å². The van der Waals surface area contributed by atoms with Crippen molar-refractivity contribution in [1.29, 1.82) is 0 Å². The van der Waals surface area contributed by atoms with Gasteiger partial charge in [-0.1, -0.05) is 60.7 Å². The average molecular weight is 488 g/mol. The molecule has 6 nitrogen and oxygen atoms in total. The zero-order chi connectivity index (χ0) is 24.6. The number of rotatable bonds is 10. The molecule has 3 aromatic rings. The van der Waals surface area contributed by atoms with Gasteiger partial charge in [0.2, 0.25) is 5.91 Å². The minimum Gasteiger partial charge on any atom is -0.494 e. The number of ether oxygens (including phenoxy) is 1. The minimum absolute atomic E-state index is 0.0201. The second-order valence-electron chi connectivity index (χ2n) is 8.35. The van der Waals surface area contributed by atoms with Crippen molar-refractivity contribution >= 4 is 34.8 Å². The van der Waals surface area contributed by atoms with Gasteiger partial charge in [-0.25, -0.2) is 0 Å². The van der Waals surface area contributed by atoms with Crippen molar-refractivity contribution < 1.29 is 14.3 Å². The third-order valence-electron chi connectivity index (χ3n) is 5.90. The Morgan fingerprint density at radius 1 is 0.943 bits per heavy atom. The Morgan fingerprint density at radius 2 is 1.57 bits per heavy atom. The zero-order valence-electron chi connectivity index (χ0n) is 19.7. The number of nitrogens with one attached hydrogen (secondary N) is 1. The van der Waals surface area contributed by atoms with Crippen LogP contribution in [0.2, 0.25) is 0 Å². The first-order chi connectivity index (χ1) is 17.0. The first kappa shape index (κ1) is 24.4. The first-order valence-corrected chi connectivity index (χ1v) is 12.2. The van der Waals surface area contributed by atoms with E-state index in [2.05, 4.69) is 17.4 Å². The van der Waals surface area contributed by atoms with Gasteiger partial charge in [0, 0.05) is 12.2 Å². The molecule has 1 N–H and O–H groups in total. The van der Waals surface area contributed by atoms with Crippen LogP contribution in [0.15, 0.2) is 84.9 Å². The summed E-state index contributed by atoms with van der Waals surface area (Å²) in [6, 6.07) is 26.4. The van der Waals surface area contributed by atoms with Gasteiger partial charge in [-0.2, -0.15) is 0 Å². The number of hydrogen-bond acceptors (Lipinski definition) is 4. The highest BCUT2D eigenvalue weighted by Gasteiger charge is 2.43. The summed E-state index contributed by atoms with van der Waals surface area (Å²) in [6.07, 6.45) is 0.747. The molecule has 1 saturated heterocycles. The number of carbonyl (C=O) groups excluding carboxylic acids is 2. The summed E-state index contributed by atoms with van der Waals surface area (Å²) >= 11 is 5.74. The van der Waals surface area contributed by atoms with Crippen LogP contribution in [0.4, 0.5) is 5.69 Å². The van der Waals surface area contributed by atoms with Crippen molar-refractivity contribution in [2.24, 2.45) is 0 Å². The van der Waals surface area contributed by atoms with Crippen LogP contribution in [-0.2, 0) is 22.6 Å². The highest BCUT2D eigenvalue weighted by molar-refractivity contribution is 7.80. The lowest BCUT2D eigenvalue weighted by Gasteiger charge is -2.24. The third-order valence-corrected chi connectivity index (χ3v) is 6.35. The summed E-state index contributed by atoms with van der Waals surface area (Å²) in [6.45, 7) is 3.44. The number of benzene rings is 3. The van der Waals surface area contributed by atoms with Crippen LogP contribution >= 0.6 is 12.2 Å². The maximum Gasteiger partial charge on any atom is 0.252 e. The smallest absolute Gasteiger partial charge is 0.252 e. The number of carbonyl (C=O) groups is 2. The zero-order valence-corrected chi connectivity index (χ0v) is 20.5. The molecule has 1 aliphatic heterocycles. The minimum atomic E-state index is -0.641. The summed E-state index contributed by atoms with van der Waals surface area (Å²) < 4.78 is 5.45. The first-order valence-electron chi connectivity index (χ1n) is 11.8. The fourth-order valence-corrected chi connectivity index (χ4v) is 4.51. The van der Waals surface area contributed by atoms with E-state index in [0.29, 0.717) is 30.5 Å². The third kappa shape index (κ3) is 6.25. The lowest BCUT2D eigenvalue weighted by molar-refractivity contribution is -0.131. The average Bonchev–Trinajstić information content (AvgIpc) is 3.09. The standard InChI is InChI=1S/C28H29N3O3S/c1-2-34-24-15-13-23(14-16-24)29-26(32)19-25-27(33)31(20-22-11-7-4-8-12-22)28(35)30(25)18-17-21-9-5-3-6-10-21/h3-16,25H,2,17-20H2,1H3,(H,29,32). The molecular weight excluding hydrogens is 458 g/mol. The van der Waals surface area contributed by atoms with Gasteiger partial charge in [-0.15, -0.1) is 0 Å². The van der Waals surface area contributed by atoms with E-state index in [1.54, 1.807) is 17.0 Å². The van der Waals surface area contributed by atoms with E-state index in [0.717, 1.165) is 23.3 Å². The summed E-state index contributed by atoms with van der Waals surface area (Å²) in [4.78, 5) is 29.9. The molecule has 180 valence electrons. The number of hydrogen-bond donors (Lipinski definition) is 1. The molecule has 0 aromatic heterocycles. The van der Waals surface area contributed by atoms with Gasteiger partial charge in [-0.3, -0.25) is 14.5 Å². The Bertz CT molecular complexity index is 1150. The molecule has 1 atom stereocenters. The molecule has 4 rings (SSSR count). The predicted octanol–water partition coefficient (Wildman–Crippen LogP) is 4.65. The molecule has 0 bridgehead atoms. The second-order valence-corrected chi connectivity index (χ2v) is 8.71. The Morgan fingerprint density at radius 3 is 2.20 bits per heavy atom. The van der Waals surface area contributed by atoms with Gasteiger partial charge < -0.3 is 15.0 Å². The van der Waals surface area contributed by atoms with Gasteiger partial charge in [-0.05, 0) is 61.0 Å². The molecule has 1 unspecified atom stereocenters. The van der Waals surface area contributed by atoms with E-state index in [-0.39, 0.29) is 18.2 Å². The largest absolute Gasteiger partial charge is 0.494 e. The molecule has 0 saturated carbocycles. The van der Waals surface area contributed by atoms with Crippen LogP contribution in [0.3, 0.4) is 0 Å². The van der Waals surface area contributed by atoms with Crippen molar-refractivity contribution in [1.82, 2.24) is 9.80 Å². The van der Waals surface area contributed by atoms with Crippen molar-refractivity contribution in [2.45, 2.75) is 32.4 Å². The van der Waals surface area contributed by atoms with E-state index >= 15 is 0 Å². The molecule has 3 aromatic carbocycles. The second kappa shape index (κ2) is 11.6. The molecule has 0 spiro atoms. The Kier molecular flexibility index (Phi) is 8.11. The maximum absolute atomic E-state index is 13.4. The van der Waals surface area contributed by atoms with Gasteiger partial charge in [0.15, 0.2) is 5.11 Å². The van der Waals surface area contributed by atoms with Crippen LogP contribution in [-0.4, -0.2) is 45.9 Å². The molecule has 0 aliphatic carbocycles. The van der Waals surface area contributed by atoms with Crippen LogP contribution in [0.5, 0.6) is 5.75 Å². The molecule has 1 aliphatic rings. The number of amides is 2. The van der Waals surface area contributed by atoms with E-state index in [9.17, 15) is 9.59 Å². The summed E-state index contributed by atoms with van der Waals surface area (Å²) in [5.74, 6) is 0.362. The molecule has 2 amide bonds. The number of anilines is 1. The van der Waals surface area contributed by atoms with Gasteiger partial charge in [0.05, 0.1) is 19.6 Å².